The number of anilines is 1. The molecular weight excluding hydrogens is 466 g/mol. The Labute approximate surface area is 187 Å². The summed E-state index contributed by atoms with van der Waals surface area (Å²) in [6, 6.07) is 18.2. The van der Waals surface area contributed by atoms with E-state index in [0.717, 1.165) is 9.35 Å². The van der Waals surface area contributed by atoms with Gasteiger partial charge in [0.2, 0.25) is 0 Å². The van der Waals surface area contributed by atoms with Gasteiger partial charge in [-0.05, 0) is 53.2 Å². The minimum atomic E-state index is -1.88. The lowest BCUT2D eigenvalue weighted by Crippen LogP contribution is -2.43. The topological polar surface area (TPSA) is 66.8 Å². The zero-order chi connectivity index (χ0) is 21.3. The first-order valence-electron chi connectivity index (χ1n) is 9.50. The molecule has 5 nitrogen and oxygen atoms in total. The van der Waals surface area contributed by atoms with E-state index in [-0.39, 0.29) is 25.4 Å². The molecule has 1 aliphatic rings. The lowest BCUT2D eigenvalue weighted by atomic mass is 9.89. The number of carbonyl (C=O) groups is 2. The minimum absolute atomic E-state index is 0.269. The Morgan fingerprint density at radius 1 is 1.13 bits per heavy atom. The lowest BCUT2D eigenvalue weighted by Gasteiger charge is -2.22. The van der Waals surface area contributed by atoms with Crippen LogP contribution >= 0.6 is 27.3 Å². The van der Waals surface area contributed by atoms with Crippen molar-refractivity contribution in [1.29, 1.82) is 0 Å². The first-order chi connectivity index (χ1) is 14.4. The normalized spacial score (nSPS) is 17.8. The molecule has 0 bridgehead atoms. The molecule has 0 saturated carbocycles. The van der Waals surface area contributed by atoms with E-state index in [1.807, 2.05) is 37.3 Å². The molecule has 154 valence electrons. The van der Waals surface area contributed by atoms with E-state index < -0.39 is 11.5 Å². The summed E-state index contributed by atoms with van der Waals surface area (Å²) in [5.74, 6) is -0.0523. The Morgan fingerprint density at radius 2 is 1.87 bits per heavy atom. The molecule has 0 saturated heterocycles. The van der Waals surface area contributed by atoms with Crippen LogP contribution in [-0.2, 0) is 10.4 Å². The fourth-order valence-electron chi connectivity index (χ4n) is 3.57. The zero-order valence-electron chi connectivity index (χ0n) is 16.3. The summed E-state index contributed by atoms with van der Waals surface area (Å²) in [5, 5.41) is 11.3. The molecule has 2 aromatic carbocycles. The van der Waals surface area contributed by atoms with Crippen LogP contribution in [0.2, 0.25) is 0 Å². The fourth-order valence-corrected chi connectivity index (χ4v) is 4.90. The molecule has 0 fully saturated rings. The number of rotatable bonds is 7. The maximum Gasteiger partial charge on any atom is 0.264 e. The Balaban J connectivity index is 1.52. The predicted molar refractivity (Wildman–Crippen MR) is 120 cm³/mol. The van der Waals surface area contributed by atoms with E-state index in [0.29, 0.717) is 21.9 Å². The van der Waals surface area contributed by atoms with Crippen molar-refractivity contribution in [2.45, 2.75) is 18.9 Å². The number of nitrogens with zero attached hydrogens (tertiary/aromatic N) is 1. The highest BCUT2D eigenvalue weighted by atomic mass is 79.9. The SMILES string of the molecule is Cc1ccc(OCCN2C(=O)C(O)(CC(=O)c3ccc(Br)s3)c3ccccc32)cc1. The second kappa shape index (κ2) is 8.34. The van der Waals surface area contributed by atoms with Crippen LogP contribution in [0.1, 0.15) is 27.2 Å². The molecule has 0 aliphatic carbocycles. The highest BCUT2D eigenvalue weighted by Gasteiger charge is 2.50. The first-order valence-corrected chi connectivity index (χ1v) is 11.1. The van der Waals surface area contributed by atoms with Gasteiger partial charge < -0.3 is 14.7 Å². The third-order valence-electron chi connectivity index (χ3n) is 5.11. The van der Waals surface area contributed by atoms with Gasteiger partial charge in [-0.25, -0.2) is 0 Å². The van der Waals surface area contributed by atoms with E-state index in [1.165, 1.54) is 16.2 Å². The quantitative estimate of drug-likeness (QED) is 0.492. The van der Waals surface area contributed by atoms with Gasteiger partial charge in [0.15, 0.2) is 11.4 Å². The molecule has 4 rings (SSSR count). The Morgan fingerprint density at radius 3 is 2.57 bits per heavy atom. The van der Waals surface area contributed by atoms with Crippen molar-refractivity contribution < 1.29 is 19.4 Å². The summed E-state index contributed by atoms with van der Waals surface area (Å²) in [6.07, 6.45) is -0.300. The number of aliphatic hydroxyl groups is 1. The summed E-state index contributed by atoms with van der Waals surface area (Å²) < 4.78 is 6.59. The number of ketones is 1. The summed E-state index contributed by atoms with van der Waals surface area (Å²) in [7, 11) is 0. The highest BCUT2D eigenvalue weighted by molar-refractivity contribution is 9.11. The number of hydrogen-bond donors (Lipinski definition) is 1. The maximum atomic E-state index is 13.2. The average molecular weight is 486 g/mol. The van der Waals surface area contributed by atoms with Crippen molar-refractivity contribution in [2.24, 2.45) is 0 Å². The van der Waals surface area contributed by atoms with E-state index in [1.54, 1.807) is 30.3 Å². The smallest absolute Gasteiger partial charge is 0.264 e. The van der Waals surface area contributed by atoms with Crippen molar-refractivity contribution in [3.8, 4) is 5.75 Å². The molecule has 2 heterocycles. The number of para-hydroxylation sites is 1. The van der Waals surface area contributed by atoms with Crippen LogP contribution in [0, 0.1) is 6.92 Å². The largest absolute Gasteiger partial charge is 0.492 e. The molecule has 1 atom stereocenters. The number of amides is 1. The van der Waals surface area contributed by atoms with Gasteiger partial charge in [-0.15, -0.1) is 11.3 Å². The van der Waals surface area contributed by atoms with Gasteiger partial charge in [-0.3, -0.25) is 9.59 Å². The van der Waals surface area contributed by atoms with Crippen LogP contribution in [0.4, 0.5) is 5.69 Å². The minimum Gasteiger partial charge on any atom is -0.492 e. The van der Waals surface area contributed by atoms with Gasteiger partial charge in [0.25, 0.3) is 5.91 Å². The summed E-state index contributed by atoms with van der Waals surface area (Å²) in [4.78, 5) is 28.0. The summed E-state index contributed by atoms with van der Waals surface area (Å²) in [6.45, 7) is 2.54. The Kier molecular flexibility index (Phi) is 5.77. The van der Waals surface area contributed by atoms with Crippen LogP contribution in [-0.4, -0.2) is 29.9 Å². The number of aryl methyl sites for hydroxylation is 1. The standard InChI is InChI=1S/C23H20BrNO4S/c1-15-6-8-16(9-7-15)29-13-12-25-18-5-3-2-4-17(18)23(28,22(25)27)14-19(26)20-10-11-21(24)30-20/h2-11,28H,12-14H2,1H3. The van der Waals surface area contributed by atoms with Gasteiger partial charge >= 0.3 is 0 Å². The molecule has 0 spiro atoms. The summed E-state index contributed by atoms with van der Waals surface area (Å²) in [5.41, 5.74) is 0.319. The Hall–Kier alpha value is -2.48. The number of hydrogen-bond acceptors (Lipinski definition) is 5. The molecule has 1 aromatic heterocycles. The average Bonchev–Trinajstić information content (AvgIpc) is 3.26. The monoisotopic (exact) mass is 485 g/mol. The second-order valence-corrected chi connectivity index (χ2v) is 9.66. The summed E-state index contributed by atoms with van der Waals surface area (Å²) >= 11 is 4.62. The molecule has 0 radical (unpaired) electrons. The number of halogens is 1. The molecule has 30 heavy (non-hydrogen) atoms. The van der Waals surface area contributed by atoms with E-state index in [4.69, 9.17) is 4.74 Å². The van der Waals surface area contributed by atoms with Crippen LogP contribution in [0.3, 0.4) is 0 Å². The number of Topliss-reactive ketones (excluding diaryl/α,β-unsaturated/α-hetero) is 1. The molecule has 1 N–H and O–H groups in total. The van der Waals surface area contributed by atoms with Crippen LogP contribution in [0.15, 0.2) is 64.5 Å². The zero-order valence-corrected chi connectivity index (χ0v) is 18.7. The third-order valence-corrected chi connectivity index (χ3v) is 6.77. The molecule has 1 unspecified atom stereocenters. The molecule has 3 aromatic rings. The number of benzene rings is 2. The highest BCUT2D eigenvalue weighted by Crippen LogP contribution is 2.43. The van der Waals surface area contributed by atoms with Gasteiger partial charge in [0, 0.05) is 5.56 Å². The van der Waals surface area contributed by atoms with Crippen molar-refractivity contribution in [3.05, 3.63) is 80.5 Å². The number of fused-ring (bicyclic) bond motifs is 1. The van der Waals surface area contributed by atoms with Crippen molar-refractivity contribution in [3.63, 3.8) is 0 Å². The molecule has 1 amide bonds. The van der Waals surface area contributed by atoms with Gasteiger partial charge in [0.05, 0.1) is 27.3 Å². The predicted octanol–water partition coefficient (Wildman–Crippen LogP) is 4.71. The Bertz CT molecular complexity index is 1090. The first kappa shape index (κ1) is 20.8. The van der Waals surface area contributed by atoms with Crippen LogP contribution in [0.25, 0.3) is 0 Å². The number of thiophene rings is 1. The number of carbonyl (C=O) groups excluding carboxylic acids is 2. The van der Waals surface area contributed by atoms with E-state index >= 15 is 0 Å². The lowest BCUT2D eigenvalue weighted by molar-refractivity contribution is -0.135. The van der Waals surface area contributed by atoms with E-state index in [2.05, 4.69) is 15.9 Å². The molecule has 1 aliphatic heterocycles. The van der Waals surface area contributed by atoms with Gasteiger partial charge in [-0.1, -0.05) is 35.9 Å². The van der Waals surface area contributed by atoms with Crippen molar-refractivity contribution in [1.82, 2.24) is 0 Å². The maximum absolute atomic E-state index is 13.2. The molecule has 7 heteroatoms. The van der Waals surface area contributed by atoms with Gasteiger partial charge in [-0.2, -0.15) is 0 Å². The van der Waals surface area contributed by atoms with Gasteiger partial charge in [0.1, 0.15) is 12.4 Å². The molecular formula is C23H20BrNO4S. The fraction of sp³-hybridized carbons (Fsp3) is 0.217. The second-order valence-electron chi connectivity index (χ2n) is 7.20. The van der Waals surface area contributed by atoms with Crippen molar-refractivity contribution >= 4 is 44.6 Å². The third kappa shape index (κ3) is 3.93. The van der Waals surface area contributed by atoms with E-state index in [9.17, 15) is 14.7 Å². The van der Waals surface area contributed by atoms with Crippen molar-refractivity contribution in [2.75, 3.05) is 18.1 Å². The number of ether oxygens (including phenoxy) is 1. The van der Waals surface area contributed by atoms with Crippen LogP contribution in [0.5, 0.6) is 5.75 Å². The van der Waals surface area contributed by atoms with Crippen LogP contribution < -0.4 is 9.64 Å².